The van der Waals surface area contributed by atoms with E-state index in [2.05, 4.69) is 38.5 Å². The molecule has 3 aromatic rings. The molecule has 0 saturated carbocycles. The van der Waals surface area contributed by atoms with Crippen molar-refractivity contribution in [2.45, 2.75) is 13.3 Å². The van der Waals surface area contributed by atoms with E-state index in [9.17, 15) is 0 Å². The minimum absolute atomic E-state index is 0.720. The molecule has 3 aromatic heterocycles. The smallest absolute Gasteiger partial charge is 0.158 e. The van der Waals surface area contributed by atoms with Crippen LogP contribution < -0.4 is 5.43 Å². The molecule has 0 atom stereocenters. The molecule has 0 radical (unpaired) electrons. The summed E-state index contributed by atoms with van der Waals surface area (Å²) in [5.74, 6) is 0.720. The molecular weight excluding hydrogens is 270 g/mol. The number of nitrogens with one attached hydrogen (secondary N) is 1. The van der Waals surface area contributed by atoms with Gasteiger partial charge >= 0.3 is 0 Å². The van der Waals surface area contributed by atoms with E-state index >= 15 is 0 Å². The average Bonchev–Trinajstić information content (AvgIpc) is 2.92. The first-order valence-corrected chi connectivity index (χ1v) is 7.12. The fourth-order valence-corrected chi connectivity index (χ4v) is 2.72. The van der Waals surface area contributed by atoms with Gasteiger partial charge < -0.3 is 0 Å². The number of fused-ring (bicyclic) bond motifs is 1. The highest BCUT2D eigenvalue weighted by Gasteiger charge is 2.06. The molecule has 0 saturated heterocycles. The van der Waals surface area contributed by atoms with Gasteiger partial charge in [0.1, 0.15) is 11.2 Å². The Hall–Kier alpha value is -2.34. The summed E-state index contributed by atoms with van der Waals surface area (Å²) in [5.41, 5.74) is 3.75. The Morgan fingerprint density at radius 2 is 2.25 bits per heavy atom. The number of rotatable bonds is 4. The number of aromatic nitrogens is 3. The lowest BCUT2D eigenvalue weighted by atomic mass is 10.3. The summed E-state index contributed by atoms with van der Waals surface area (Å²) in [4.78, 5) is 15.0. The van der Waals surface area contributed by atoms with Gasteiger partial charge in [0.2, 0.25) is 0 Å². The van der Waals surface area contributed by atoms with E-state index < -0.39 is 0 Å². The topological polar surface area (TPSA) is 63.1 Å². The second kappa shape index (κ2) is 5.75. The van der Waals surface area contributed by atoms with Gasteiger partial charge in [0, 0.05) is 11.1 Å². The summed E-state index contributed by atoms with van der Waals surface area (Å²) in [7, 11) is 0. The minimum atomic E-state index is 0.720. The van der Waals surface area contributed by atoms with Gasteiger partial charge in [-0.2, -0.15) is 5.10 Å². The maximum absolute atomic E-state index is 4.28. The number of hydrazone groups is 1. The lowest BCUT2D eigenvalue weighted by molar-refractivity contribution is 1.18. The summed E-state index contributed by atoms with van der Waals surface area (Å²) >= 11 is 1.69. The third kappa shape index (κ3) is 2.65. The molecule has 0 aliphatic rings. The van der Waals surface area contributed by atoms with Gasteiger partial charge in [-0.05, 0) is 24.6 Å². The highest BCUT2D eigenvalue weighted by molar-refractivity contribution is 7.18. The van der Waals surface area contributed by atoms with Crippen LogP contribution in [0.15, 0.2) is 41.9 Å². The van der Waals surface area contributed by atoms with Crippen LogP contribution in [0, 0.1) is 0 Å². The van der Waals surface area contributed by atoms with Gasteiger partial charge in [0.25, 0.3) is 0 Å². The van der Waals surface area contributed by atoms with E-state index in [0.29, 0.717) is 0 Å². The molecule has 0 aliphatic carbocycles. The SMILES string of the molecule is CCc1cc2c(NN=Cc3ccccn3)ncnc2s1. The monoisotopic (exact) mass is 283 g/mol. The van der Waals surface area contributed by atoms with E-state index in [1.54, 1.807) is 30.1 Å². The van der Waals surface area contributed by atoms with E-state index in [4.69, 9.17) is 0 Å². The first-order valence-electron chi connectivity index (χ1n) is 6.30. The van der Waals surface area contributed by atoms with Crippen molar-refractivity contribution in [1.82, 2.24) is 15.0 Å². The fourth-order valence-electron chi connectivity index (χ4n) is 1.78. The highest BCUT2D eigenvalue weighted by Crippen LogP contribution is 2.28. The molecule has 5 nitrogen and oxygen atoms in total. The number of hydrogen-bond donors (Lipinski definition) is 1. The van der Waals surface area contributed by atoms with Gasteiger partial charge in [-0.3, -0.25) is 10.4 Å². The summed E-state index contributed by atoms with van der Waals surface area (Å²) in [6.07, 6.45) is 5.95. The predicted octanol–water partition coefficient (Wildman–Crippen LogP) is 3.09. The quantitative estimate of drug-likeness (QED) is 0.590. The molecule has 6 heteroatoms. The maximum Gasteiger partial charge on any atom is 0.158 e. The van der Waals surface area contributed by atoms with E-state index in [-0.39, 0.29) is 0 Å². The highest BCUT2D eigenvalue weighted by atomic mass is 32.1. The van der Waals surface area contributed by atoms with Crippen molar-refractivity contribution in [2.75, 3.05) is 5.43 Å². The van der Waals surface area contributed by atoms with Crippen molar-refractivity contribution >= 4 is 33.6 Å². The Bertz CT molecular complexity index is 736. The first-order chi connectivity index (χ1) is 9.86. The number of pyridine rings is 1. The molecule has 3 heterocycles. The van der Waals surface area contributed by atoms with Crippen LogP contribution in [0.2, 0.25) is 0 Å². The lowest BCUT2D eigenvalue weighted by Gasteiger charge is -1.99. The Morgan fingerprint density at radius 1 is 1.30 bits per heavy atom. The Balaban J connectivity index is 1.84. The van der Waals surface area contributed by atoms with Crippen molar-refractivity contribution in [3.63, 3.8) is 0 Å². The van der Waals surface area contributed by atoms with Crippen molar-refractivity contribution in [3.8, 4) is 0 Å². The van der Waals surface area contributed by atoms with Crippen LogP contribution in [0.25, 0.3) is 10.2 Å². The molecule has 1 N–H and O–H groups in total. The Morgan fingerprint density at radius 3 is 3.05 bits per heavy atom. The van der Waals surface area contributed by atoms with Crippen molar-refractivity contribution in [2.24, 2.45) is 5.10 Å². The molecule has 0 spiro atoms. The molecule has 0 bridgehead atoms. The van der Waals surface area contributed by atoms with Gasteiger partial charge in [-0.1, -0.05) is 13.0 Å². The zero-order valence-corrected chi connectivity index (χ0v) is 11.8. The number of nitrogens with zero attached hydrogens (tertiary/aromatic N) is 4. The van der Waals surface area contributed by atoms with Gasteiger partial charge in [-0.25, -0.2) is 9.97 Å². The molecule has 100 valence electrons. The zero-order valence-electron chi connectivity index (χ0n) is 10.9. The number of anilines is 1. The van der Waals surface area contributed by atoms with Crippen LogP contribution in [0.3, 0.4) is 0 Å². The molecule has 3 rings (SSSR count). The van der Waals surface area contributed by atoms with Crippen LogP contribution in [0.5, 0.6) is 0 Å². The Kier molecular flexibility index (Phi) is 3.64. The minimum Gasteiger partial charge on any atom is -0.261 e. The third-order valence-corrected chi connectivity index (χ3v) is 3.97. The van der Waals surface area contributed by atoms with E-state index in [1.807, 2.05) is 18.2 Å². The second-order valence-electron chi connectivity index (χ2n) is 4.13. The summed E-state index contributed by atoms with van der Waals surface area (Å²) in [6, 6.07) is 7.79. The Labute approximate surface area is 120 Å². The summed E-state index contributed by atoms with van der Waals surface area (Å²) < 4.78 is 0. The maximum atomic E-state index is 4.28. The standard InChI is InChI=1S/C14H13N5S/c1-2-11-7-12-13(16-9-17-14(12)20-11)19-18-8-10-5-3-4-6-15-10/h3-9H,2H2,1H3,(H,16,17,19). The average molecular weight is 283 g/mol. The van der Waals surface area contributed by atoms with Crippen LogP contribution in [0.1, 0.15) is 17.5 Å². The normalized spacial score (nSPS) is 11.2. The van der Waals surface area contributed by atoms with Crippen molar-refractivity contribution in [3.05, 3.63) is 47.4 Å². The summed E-state index contributed by atoms with van der Waals surface area (Å²) in [5, 5.41) is 5.18. The zero-order chi connectivity index (χ0) is 13.8. The van der Waals surface area contributed by atoms with Crippen LogP contribution in [-0.4, -0.2) is 21.2 Å². The van der Waals surface area contributed by atoms with E-state index in [1.165, 1.54) is 4.88 Å². The molecule has 20 heavy (non-hydrogen) atoms. The fraction of sp³-hybridized carbons (Fsp3) is 0.143. The first kappa shape index (κ1) is 12.7. The lowest BCUT2D eigenvalue weighted by Crippen LogP contribution is -1.95. The van der Waals surface area contributed by atoms with Crippen LogP contribution in [0.4, 0.5) is 5.82 Å². The van der Waals surface area contributed by atoms with Crippen molar-refractivity contribution < 1.29 is 0 Å². The number of thiophene rings is 1. The second-order valence-corrected chi connectivity index (χ2v) is 5.25. The molecular formula is C14H13N5S. The number of aryl methyl sites for hydroxylation is 1. The van der Waals surface area contributed by atoms with Gasteiger partial charge in [0.05, 0.1) is 17.3 Å². The molecule has 0 aromatic carbocycles. The molecule has 0 amide bonds. The largest absolute Gasteiger partial charge is 0.261 e. The summed E-state index contributed by atoms with van der Waals surface area (Å²) in [6.45, 7) is 2.13. The van der Waals surface area contributed by atoms with Gasteiger partial charge in [-0.15, -0.1) is 11.3 Å². The molecule has 0 aliphatic heterocycles. The van der Waals surface area contributed by atoms with Crippen LogP contribution >= 0.6 is 11.3 Å². The van der Waals surface area contributed by atoms with E-state index in [0.717, 1.165) is 28.1 Å². The van der Waals surface area contributed by atoms with Crippen molar-refractivity contribution in [1.29, 1.82) is 0 Å². The predicted molar refractivity (Wildman–Crippen MR) is 82.2 cm³/mol. The molecule has 0 fully saturated rings. The van der Waals surface area contributed by atoms with Crippen LogP contribution in [-0.2, 0) is 6.42 Å². The van der Waals surface area contributed by atoms with Gasteiger partial charge in [0.15, 0.2) is 5.82 Å². The third-order valence-electron chi connectivity index (χ3n) is 2.78. The number of hydrogen-bond acceptors (Lipinski definition) is 6. The molecule has 0 unspecified atom stereocenters.